The molecule has 0 bridgehead atoms. The summed E-state index contributed by atoms with van der Waals surface area (Å²) >= 11 is 0. The Balaban J connectivity index is 1.68. The summed E-state index contributed by atoms with van der Waals surface area (Å²) in [4.78, 5) is 13.0. The highest BCUT2D eigenvalue weighted by molar-refractivity contribution is 5.44. The van der Waals surface area contributed by atoms with E-state index in [0.29, 0.717) is 5.95 Å². The van der Waals surface area contributed by atoms with Crippen LogP contribution in [0.4, 0.5) is 11.9 Å². The molecule has 3 rings (SSSR count). The van der Waals surface area contributed by atoms with Gasteiger partial charge in [-0.05, 0) is 13.8 Å². The molecule has 2 aliphatic rings. The van der Waals surface area contributed by atoms with Crippen molar-refractivity contribution in [2.45, 2.75) is 13.8 Å². The van der Waals surface area contributed by atoms with E-state index < -0.39 is 0 Å². The molecule has 0 spiro atoms. The van der Waals surface area contributed by atoms with Crippen molar-refractivity contribution in [2.75, 3.05) is 36.2 Å². The van der Waals surface area contributed by atoms with Crippen molar-refractivity contribution in [1.82, 2.24) is 25.0 Å². The zero-order valence-electron chi connectivity index (χ0n) is 11.3. The fraction of sp³-hybridized carbons (Fsp3) is 0.500. The van der Waals surface area contributed by atoms with Crippen LogP contribution in [-0.2, 0) is 0 Å². The van der Waals surface area contributed by atoms with E-state index in [-0.39, 0.29) is 0 Å². The van der Waals surface area contributed by atoms with Gasteiger partial charge in [0.05, 0.1) is 13.3 Å². The maximum absolute atomic E-state index is 4.54. The molecule has 0 aromatic carbocycles. The molecule has 2 aliphatic heterocycles. The van der Waals surface area contributed by atoms with Gasteiger partial charge in [-0.15, -0.1) is 5.10 Å². The van der Waals surface area contributed by atoms with Crippen molar-refractivity contribution >= 4 is 11.9 Å². The summed E-state index contributed by atoms with van der Waals surface area (Å²) in [5, 5.41) is 7.28. The molecule has 1 aromatic rings. The van der Waals surface area contributed by atoms with Gasteiger partial charge < -0.3 is 9.80 Å². The SMILES string of the molecule is CCN1C=CN(c2n[nH]c(N3C=CN(CC)C3)n2)C1. The van der Waals surface area contributed by atoms with Gasteiger partial charge in [-0.1, -0.05) is 0 Å². The quantitative estimate of drug-likeness (QED) is 0.871. The van der Waals surface area contributed by atoms with Gasteiger partial charge in [0.25, 0.3) is 5.95 Å². The molecule has 0 saturated carbocycles. The van der Waals surface area contributed by atoms with Gasteiger partial charge in [0.2, 0.25) is 5.95 Å². The number of nitrogens with one attached hydrogen (secondary N) is 1. The second-order valence-electron chi connectivity index (χ2n) is 4.59. The third-order valence-corrected chi connectivity index (χ3v) is 3.39. The van der Waals surface area contributed by atoms with E-state index in [1.807, 2.05) is 17.3 Å². The van der Waals surface area contributed by atoms with E-state index in [1.165, 1.54) is 0 Å². The van der Waals surface area contributed by atoms with Gasteiger partial charge >= 0.3 is 0 Å². The molecular formula is C12H19N7. The molecule has 1 N–H and O–H groups in total. The van der Waals surface area contributed by atoms with E-state index >= 15 is 0 Å². The first-order chi connectivity index (χ1) is 9.30. The van der Waals surface area contributed by atoms with Crippen LogP contribution < -0.4 is 9.80 Å². The molecule has 0 saturated heterocycles. The van der Waals surface area contributed by atoms with Gasteiger partial charge in [0, 0.05) is 37.9 Å². The molecule has 102 valence electrons. The Morgan fingerprint density at radius 3 is 2.26 bits per heavy atom. The Morgan fingerprint density at radius 1 is 1.00 bits per heavy atom. The highest BCUT2D eigenvalue weighted by Gasteiger charge is 2.20. The molecule has 1 aromatic heterocycles. The molecule has 0 atom stereocenters. The number of aromatic amines is 1. The summed E-state index contributed by atoms with van der Waals surface area (Å²) in [5.74, 6) is 1.50. The Hall–Kier alpha value is -2.18. The van der Waals surface area contributed by atoms with Crippen molar-refractivity contribution in [3.63, 3.8) is 0 Å². The molecule has 7 nitrogen and oxygen atoms in total. The standard InChI is InChI=1S/C12H19N7/c1-3-16-5-7-18(9-16)11-13-12(15-14-11)19-8-6-17(4-2)10-19/h5-8H,3-4,9-10H2,1-2H3,(H,13,14,15). The molecule has 0 aliphatic carbocycles. The first kappa shape index (κ1) is 11.9. The minimum absolute atomic E-state index is 0.713. The van der Waals surface area contributed by atoms with Crippen LogP contribution in [0.1, 0.15) is 13.8 Å². The summed E-state index contributed by atoms with van der Waals surface area (Å²) in [7, 11) is 0. The van der Waals surface area contributed by atoms with E-state index in [0.717, 1.165) is 32.4 Å². The summed E-state index contributed by atoms with van der Waals surface area (Å²) in [6.45, 7) is 7.88. The van der Waals surface area contributed by atoms with E-state index in [4.69, 9.17) is 0 Å². The average Bonchev–Trinajstić information content (AvgIpc) is 3.16. The number of anilines is 2. The fourth-order valence-corrected chi connectivity index (χ4v) is 2.11. The molecule has 0 unspecified atom stereocenters. The van der Waals surface area contributed by atoms with Gasteiger partial charge in [-0.3, -0.25) is 9.80 Å². The van der Waals surface area contributed by atoms with E-state index in [2.05, 4.69) is 56.1 Å². The van der Waals surface area contributed by atoms with Crippen molar-refractivity contribution in [1.29, 1.82) is 0 Å². The lowest BCUT2D eigenvalue weighted by Crippen LogP contribution is -2.26. The zero-order valence-corrected chi connectivity index (χ0v) is 11.3. The molecule has 3 heterocycles. The molecular weight excluding hydrogens is 242 g/mol. The van der Waals surface area contributed by atoms with Gasteiger partial charge in [-0.2, -0.15) is 4.98 Å². The molecule has 0 amide bonds. The lowest BCUT2D eigenvalue weighted by atomic mass is 10.6. The Morgan fingerprint density at radius 2 is 1.63 bits per heavy atom. The predicted octanol–water partition coefficient (Wildman–Crippen LogP) is 0.946. The minimum atomic E-state index is 0.713. The maximum Gasteiger partial charge on any atom is 0.251 e. The van der Waals surface area contributed by atoms with Crippen LogP contribution in [0.25, 0.3) is 0 Å². The lowest BCUT2D eigenvalue weighted by Gasteiger charge is -2.17. The second-order valence-corrected chi connectivity index (χ2v) is 4.59. The van der Waals surface area contributed by atoms with Crippen LogP contribution in [0, 0.1) is 0 Å². The van der Waals surface area contributed by atoms with Crippen molar-refractivity contribution in [3.8, 4) is 0 Å². The highest BCUT2D eigenvalue weighted by Crippen LogP contribution is 2.19. The lowest BCUT2D eigenvalue weighted by molar-refractivity contribution is 0.427. The number of H-pyrrole nitrogens is 1. The summed E-state index contributed by atoms with van der Waals surface area (Å²) in [6, 6.07) is 0. The van der Waals surface area contributed by atoms with Crippen molar-refractivity contribution in [3.05, 3.63) is 24.8 Å². The van der Waals surface area contributed by atoms with Crippen molar-refractivity contribution < 1.29 is 0 Å². The molecule has 0 radical (unpaired) electrons. The summed E-state index contributed by atoms with van der Waals surface area (Å²) in [5.41, 5.74) is 0. The number of aromatic nitrogens is 3. The minimum Gasteiger partial charge on any atom is -0.358 e. The first-order valence-electron chi connectivity index (χ1n) is 6.60. The monoisotopic (exact) mass is 261 g/mol. The number of hydrogen-bond donors (Lipinski definition) is 1. The van der Waals surface area contributed by atoms with Crippen LogP contribution in [0.5, 0.6) is 0 Å². The van der Waals surface area contributed by atoms with Crippen molar-refractivity contribution in [2.24, 2.45) is 0 Å². The Bertz CT molecular complexity index is 450. The smallest absolute Gasteiger partial charge is 0.251 e. The highest BCUT2D eigenvalue weighted by atomic mass is 15.5. The predicted molar refractivity (Wildman–Crippen MR) is 74.1 cm³/mol. The molecule has 0 fully saturated rings. The Labute approximate surface area is 112 Å². The fourth-order valence-electron chi connectivity index (χ4n) is 2.11. The summed E-state index contributed by atoms with van der Waals surface area (Å²) in [6.07, 6.45) is 8.15. The number of nitrogens with zero attached hydrogens (tertiary/aromatic N) is 6. The second kappa shape index (κ2) is 4.83. The summed E-state index contributed by atoms with van der Waals surface area (Å²) < 4.78 is 0. The van der Waals surface area contributed by atoms with Gasteiger partial charge in [0.15, 0.2) is 0 Å². The number of rotatable bonds is 4. The molecule has 7 heteroatoms. The van der Waals surface area contributed by atoms with Crippen LogP contribution in [0.3, 0.4) is 0 Å². The topological polar surface area (TPSA) is 54.5 Å². The number of hydrogen-bond acceptors (Lipinski definition) is 6. The van der Waals surface area contributed by atoms with Crippen LogP contribution >= 0.6 is 0 Å². The van der Waals surface area contributed by atoms with E-state index in [1.54, 1.807) is 0 Å². The van der Waals surface area contributed by atoms with Crippen LogP contribution in [0.15, 0.2) is 24.8 Å². The van der Waals surface area contributed by atoms with Gasteiger partial charge in [0.1, 0.15) is 0 Å². The Kier molecular flexibility index (Phi) is 3.02. The zero-order chi connectivity index (χ0) is 13.2. The molecule has 19 heavy (non-hydrogen) atoms. The van der Waals surface area contributed by atoms with Crippen LogP contribution in [0.2, 0.25) is 0 Å². The van der Waals surface area contributed by atoms with Gasteiger partial charge in [-0.25, -0.2) is 5.10 Å². The first-order valence-corrected chi connectivity index (χ1v) is 6.60. The third-order valence-electron chi connectivity index (χ3n) is 3.39. The average molecular weight is 261 g/mol. The van der Waals surface area contributed by atoms with Crippen LogP contribution in [-0.4, -0.2) is 51.4 Å². The largest absolute Gasteiger partial charge is 0.358 e. The normalized spacial score (nSPS) is 18.2. The third kappa shape index (κ3) is 2.23. The maximum atomic E-state index is 4.54. The van der Waals surface area contributed by atoms with E-state index in [9.17, 15) is 0 Å².